The number of rotatable bonds is 40. The number of para-hydroxylation sites is 1. The lowest BCUT2D eigenvalue weighted by Crippen LogP contribution is -2.59. The summed E-state index contributed by atoms with van der Waals surface area (Å²) in [5.41, 5.74) is 12.7. The van der Waals surface area contributed by atoms with Crippen LogP contribution in [0.1, 0.15) is 78.0 Å². The fraction of sp³-hybridized carbons (Fsp3) is 0.597. The van der Waals surface area contributed by atoms with Crippen LogP contribution in [0.2, 0.25) is 0 Å². The second-order valence-corrected chi connectivity index (χ2v) is 25.6. The molecule has 2 aromatic heterocycles. The fourth-order valence-electron chi connectivity index (χ4n) is 10.5. The monoisotopic (exact) mass is 1400 g/mol. The van der Waals surface area contributed by atoms with Gasteiger partial charge in [-0.15, -0.1) is 0 Å². The summed E-state index contributed by atoms with van der Waals surface area (Å²) in [6.45, 7) is 7.21. The highest BCUT2D eigenvalue weighted by molar-refractivity contribution is 7.98. The summed E-state index contributed by atoms with van der Waals surface area (Å²) in [5.74, 6) is -12.2. The van der Waals surface area contributed by atoms with E-state index in [1.165, 1.54) is 31.2 Å². The summed E-state index contributed by atoms with van der Waals surface area (Å²) in [6.07, 6.45) is 5.25. The van der Waals surface area contributed by atoms with E-state index < -0.39 is 144 Å². The normalized spacial score (nSPS) is 15.8. The van der Waals surface area contributed by atoms with Crippen molar-refractivity contribution in [3.05, 3.63) is 54.2 Å². The number of carboxylic acids is 3. The minimum Gasteiger partial charge on any atom is -0.480 e. The van der Waals surface area contributed by atoms with E-state index >= 15 is 0 Å². The van der Waals surface area contributed by atoms with Gasteiger partial charge in [0, 0.05) is 114 Å². The molecule has 0 spiro atoms. The lowest BCUT2D eigenvalue weighted by molar-refractivity contribution is -0.140. The molecule has 0 aliphatic carbocycles. The zero-order valence-corrected chi connectivity index (χ0v) is 57.0. The molecule has 3 aromatic rings. The van der Waals surface area contributed by atoms with Gasteiger partial charge in [-0.2, -0.15) is 11.8 Å². The standard InChI is InChI=1S/C62H96N18O17S/c1-36(2)25-45(60(95)73-43(56(64)91)14-24-98-6)74-61(96)47(27-40-29-65-35-69-40)72-50(83)30-68-62(97)55(37(3)4)76-57(92)38(5)70-59(94)46(26-39-28-67-42-10-8-7-9-41(39)42)75-58(93)44(11-12-48(63)81)71-49(82)13-15-66-51(84)31-77-16-18-78(32-52(85)86)20-22-80(34-54(89)90)23-21-79(19-17-77)33-53(87)88/h7-10,28-29,35-38,43-47,55,67H,11-27,30-34H2,1-6H3,(H2,63,81)(H2,64,91)(H,65,69)(H,66,84)(H,68,97)(H,70,94)(H,71,82)(H,72,83)(H,73,95)(H,74,96)(H,75,93)(H,76,92)(H,85,86)(H,87,88)(H,89,90)/t38-,43-,44-,45-,46-,47-,55-/m0/s1. The molecule has 1 aromatic carbocycles. The van der Waals surface area contributed by atoms with Crippen LogP contribution in [0.25, 0.3) is 10.9 Å². The smallest absolute Gasteiger partial charge is 0.317 e. The third kappa shape index (κ3) is 30.0. The number of fused-ring (bicyclic) bond motifs is 1. The summed E-state index contributed by atoms with van der Waals surface area (Å²) in [6, 6.07) is -1.98. The van der Waals surface area contributed by atoms with Gasteiger partial charge in [-0.05, 0) is 61.7 Å². The first-order chi connectivity index (χ1) is 46.4. The number of nitrogens with zero attached hydrogens (tertiary/aromatic N) is 5. The predicted molar refractivity (Wildman–Crippen MR) is 358 cm³/mol. The molecular weight excluding hydrogens is 1300 g/mol. The number of aromatic nitrogens is 3. The maximum Gasteiger partial charge on any atom is 0.317 e. The molecule has 18 N–H and O–H groups in total. The molecule has 1 aliphatic heterocycles. The van der Waals surface area contributed by atoms with Crippen LogP contribution in [0.3, 0.4) is 0 Å². The molecule has 542 valence electrons. The van der Waals surface area contributed by atoms with E-state index in [2.05, 4.69) is 62.8 Å². The van der Waals surface area contributed by atoms with Gasteiger partial charge in [0.2, 0.25) is 65.0 Å². The maximum atomic E-state index is 14.4. The molecule has 0 unspecified atom stereocenters. The van der Waals surface area contributed by atoms with E-state index in [0.717, 1.165) is 0 Å². The molecule has 1 aliphatic rings. The molecule has 0 radical (unpaired) electrons. The SMILES string of the molecule is CSCC[C@H](NC(=O)[C@H](CC(C)C)NC(=O)[C@H](Cc1cnc[nH]1)NC(=O)CNC(=O)[C@@H](NC(=O)[C@H](C)NC(=O)[C@H](Cc1c[nH]c2ccccc12)NC(=O)[C@H](CCC(N)=O)NC(=O)CCNC(=O)CN1CCN(CC(=O)O)CCN(CC(=O)O)CCN(CC(=O)O)CC1)C(C)C)C(N)=O. The van der Waals surface area contributed by atoms with Gasteiger partial charge >= 0.3 is 17.9 Å². The zero-order chi connectivity index (χ0) is 72.6. The van der Waals surface area contributed by atoms with E-state index in [4.69, 9.17) is 11.5 Å². The fourth-order valence-corrected chi connectivity index (χ4v) is 11.0. The largest absolute Gasteiger partial charge is 0.480 e. The Morgan fingerprint density at radius 3 is 1.60 bits per heavy atom. The van der Waals surface area contributed by atoms with E-state index in [1.54, 1.807) is 63.9 Å². The molecule has 4 rings (SSSR count). The lowest BCUT2D eigenvalue weighted by atomic mass is 10.0. The number of benzene rings is 1. The number of H-pyrrole nitrogens is 2. The molecule has 35 nitrogen and oxygen atoms in total. The summed E-state index contributed by atoms with van der Waals surface area (Å²) in [5, 5.41) is 52.7. The van der Waals surface area contributed by atoms with Crippen LogP contribution in [0.15, 0.2) is 43.0 Å². The van der Waals surface area contributed by atoms with Crippen LogP contribution in [0.5, 0.6) is 0 Å². The number of amides is 11. The first-order valence-corrected chi connectivity index (χ1v) is 33.6. The van der Waals surface area contributed by atoms with Crippen molar-refractivity contribution in [3.63, 3.8) is 0 Å². The average Bonchev–Trinajstić information content (AvgIpc) is 1.65. The van der Waals surface area contributed by atoms with Gasteiger partial charge in [0.1, 0.15) is 42.3 Å². The number of nitrogens with one attached hydrogen (secondary N) is 11. The summed E-state index contributed by atoms with van der Waals surface area (Å²) in [7, 11) is 0. The van der Waals surface area contributed by atoms with Gasteiger partial charge in [-0.1, -0.05) is 45.9 Å². The second-order valence-electron chi connectivity index (χ2n) is 24.7. The highest BCUT2D eigenvalue weighted by Gasteiger charge is 2.34. The Morgan fingerprint density at radius 1 is 0.551 bits per heavy atom. The van der Waals surface area contributed by atoms with Crippen molar-refractivity contribution in [2.45, 2.75) is 122 Å². The summed E-state index contributed by atoms with van der Waals surface area (Å²) >= 11 is 1.45. The molecule has 36 heteroatoms. The summed E-state index contributed by atoms with van der Waals surface area (Å²) < 4.78 is 0. The summed E-state index contributed by atoms with van der Waals surface area (Å²) in [4.78, 5) is 200. The van der Waals surface area contributed by atoms with Gasteiger partial charge in [0.05, 0.1) is 39.1 Å². The van der Waals surface area contributed by atoms with Crippen LogP contribution < -0.4 is 59.3 Å². The molecule has 98 heavy (non-hydrogen) atoms. The maximum absolute atomic E-state index is 14.4. The quantitative estimate of drug-likeness (QED) is 0.0255. The minimum absolute atomic E-state index is 0.107. The van der Waals surface area contributed by atoms with Crippen molar-refractivity contribution in [1.29, 1.82) is 0 Å². The number of hydrogen-bond donors (Lipinski definition) is 16. The number of aliphatic carboxylic acids is 3. The number of thioether (sulfide) groups is 1. The minimum atomic E-state index is -1.48. The molecule has 0 bridgehead atoms. The Bertz CT molecular complexity index is 3170. The van der Waals surface area contributed by atoms with Crippen LogP contribution in [-0.2, 0) is 80.0 Å². The number of carbonyl (C=O) groups excluding carboxylic acids is 11. The molecule has 11 amide bonds. The first-order valence-electron chi connectivity index (χ1n) is 32.2. The second kappa shape index (κ2) is 41.8. The number of primary amides is 2. The number of carboxylic acid groups (broad SMARTS) is 3. The van der Waals surface area contributed by atoms with Crippen LogP contribution in [0, 0.1) is 11.8 Å². The molecule has 0 saturated carbocycles. The number of carbonyl (C=O) groups is 14. The number of imidazole rings is 1. The van der Waals surface area contributed by atoms with E-state index in [-0.39, 0.29) is 130 Å². The Balaban J connectivity index is 1.43. The van der Waals surface area contributed by atoms with E-state index in [1.807, 2.05) is 20.1 Å². The molecular formula is C62H96N18O17S. The lowest BCUT2D eigenvalue weighted by Gasteiger charge is -2.32. The predicted octanol–water partition coefficient (Wildman–Crippen LogP) is -4.61. The van der Waals surface area contributed by atoms with Crippen molar-refractivity contribution in [1.82, 2.24) is 82.4 Å². The van der Waals surface area contributed by atoms with Crippen LogP contribution >= 0.6 is 11.8 Å². The van der Waals surface area contributed by atoms with Gasteiger partial charge in [-0.3, -0.25) is 86.7 Å². The average molecular weight is 1400 g/mol. The van der Waals surface area contributed by atoms with Crippen molar-refractivity contribution in [2.24, 2.45) is 23.3 Å². The van der Waals surface area contributed by atoms with E-state index in [9.17, 15) is 82.4 Å². The van der Waals surface area contributed by atoms with E-state index in [0.29, 0.717) is 27.9 Å². The van der Waals surface area contributed by atoms with Crippen LogP contribution in [-0.4, -0.2) is 279 Å². The van der Waals surface area contributed by atoms with Gasteiger partial charge in [0.25, 0.3) is 0 Å². The molecule has 7 atom stereocenters. The Kier molecular flexibility index (Phi) is 34.6. The van der Waals surface area contributed by atoms with Gasteiger partial charge in [0.15, 0.2) is 0 Å². The molecule has 1 saturated heterocycles. The third-order valence-corrected chi connectivity index (χ3v) is 16.4. The van der Waals surface area contributed by atoms with Crippen molar-refractivity contribution >= 4 is 106 Å². The number of nitrogens with two attached hydrogens (primary N) is 2. The number of hydrogen-bond acceptors (Lipinski definition) is 20. The molecule has 1 fully saturated rings. The number of aromatic amines is 2. The third-order valence-electron chi connectivity index (χ3n) is 15.8. The Labute approximate surface area is 571 Å². The van der Waals surface area contributed by atoms with Gasteiger partial charge < -0.3 is 84.6 Å². The van der Waals surface area contributed by atoms with Crippen molar-refractivity contribution < 1.29 is 82.4 Å². The Hall–Kier alpha value is -9.26. The topological polar surface area (TPSA) is 517 Å². The zero-order valence-electron chi connectivity index (χ0n) is 56.2. The van der Waals surface area contributed by atoms with Crippen LogP contribution in [0.4, 0.5) is 0 Å². The Morgan fingerprint density at radius 2 is 1.07 bits per heavy atom. The highest BCUT2D eigenvalue weighted by atomic mass is 32.2. The van der Waals surface area contributed by atoms with Crippen molar-refractivity contribution in [2.75, 3.05) is 104 Å². The van der Waals surface area contributed by atoms with Gasteiger partial charge in [-0.25, -0.2) is 4.98 Å². The first kappa shape index (κ1) is 81.2. The molecule has 3 heterocycles. The highest BCUT2D eigenvalue weighted by Crippen LogP contribution is 2.20. The van der Waals surface area contributed by atoms with Crippen molar-refractivity contribution in [3.8, 4) is 0 Å².